The molecule has 0 unspecified atom stereocenters. The first-order valence-corrected chi connectivity index (χ1v) is 4.51. The minimum Gasteiger partial charge on any atom is -0.307 e. The molecule has 0 saturated heterocycles. The maximum absolute atomic E-state index is 3.74. The van der Waals surface area contributed by atoms with E-state index in [4.69, 9.17) is 0 Å². The van der Waals surface area contributed by atoms with Gasteiger partial charge in [-0.2, -0.15) is 0 Å². The Balaban J connectivity index is 2.38. The fourth-order valence-electron chi connectivity index (χ4n) is 1.53. The Kier molecular flexibility index (Phi) is 3.81. The molecule has 0 aromatic carbocycles. The summed E-state index contributed by atoms with van der Waals surface area (Å²) in [5, 5.41) is 3.53. The van der Waals surface area contributed by atoms with Gasteiger partial charge < -0.3 is 5.32 Å². The van der Waals surface area contributed by atoms with Gasteiger partial charge in [-0.25, -0.2) is 0 Å². The van der Waals surface area contributed by atoms with Crippen LogP contribution in [0.3, 0.4) is 0 Å². The minimum atomic E-state index is 0.487. The highest BCUT2D eigenvalue weighted by molar-refractivity contribution is 5.04. The summed E-state index contributed by atoms with van der Waals surface area (Å²) in [7, 11) is 0. The average Bonchev–Trinajstić information content (AvgIpc) is 2.06. The summed E-state index contributed by atoms with van der Waals surface area (Å²) >= 11 is 0. The lowest BCUT2D eigenvalue weighted by Gasteiger charge is -2.25. The SMILES string of the molecule is C=CC[C@@H]1CC=C[C@H](CC=C)N1. The molecule has 0 amide bonds. The summed E-state index contributed by atoms with van der Waals surface area (Å²) < 4.78 is 0. The molecule has 1 N–H and O–H groups in total. The van der Waals surface area contributed by atoms with Crippen LogP contribution in [-0.2, 0) is 0 Å². The fourth-order valence-corrected chi connectivity index (χ4v) is 1.53. The van der Waals surface area contributed by atoms with Crippen molar-refractivity contribution >= 4 is 0 Å². The van der Waals surface area contributed by atoms with Crippen LogP contribution in [0.25, 0.3) is 0 Å². The van der Waals surface area contributed by atoms with Gasteiger partial charge in [0.25, 0.3) is 0 Å². The Morgan fingerprint density at radius 1 is 1.33 bits per heavy atom. The lowest BCUT2D eigenvalue weighted by molar-refractivity contribution is 0.455. The van der Waals surface area contributed by atoms with Crippen molar-refractivity contribution in [3.05, 3.63) is 37.5 Å². The summed E-state index contributed by atoms with van der Waals surface area (Å²) in [6.07, 6.45) is 11.6. The highest BCUT2D eigenvalue weighted by Crippen LogP contribution is 2.10. The molecule has 1 heteroatoms. The van der Waals surface area contributed by atoms with E-state index in [9.17, 15) is 0 Å². The first kappa shape index (κ1) is 9.27. The van der Waals surface area contributed by atoms with E-state index in [1.54, 1.807) is 0 Å². The van der Waals surface area contributed by atoms with Gasteiger partial charge in [0.15, 0.2) is 0 Å². The second-order valence-electron chi connectivity index (χ2n) is 3.18. The van der Waals surface area contributed by atoms with Crippen LogP contribution in [0, 0.1) is 0 Å². The van der Waals surface area contributed by atoms with Crippen LogP contribution in [0.4, 0.5) is 0 Å². The first-order valence-electron chi connectivity index (χ1n) is 4.51. The quantitative estimate of drug-likeness (QED) is 0.628. The van der Waals surface area contributed by atoms with Gasteiger partial charge in [0.1, 0.15) is 0 Å². The smallest absolute Gasteiger partial charge is 0.0287 e. The van der Waals surface area contributed by atoms with Crippen molar-refractivity contribution in [1.82, 2.24) is 5.32 Å². The molecule has 0 bridgehead atoms. The lowest BCUT2D eigenvalue weighted by Crippen LogP contribution is -2.38. The van der Waals surface area contributed by atoms with Crippen molar-refractivity contribution in [1.29, 1.82) is 0 Å². The van der Waals surface area contributed by atoms with Crippen LogP contribution in [0.15, 0.2) is 37.5 Å². The molecular formula is C11H17N. The lowest BCUT2D eigenvalue weighted by atomic mass is 10.0. The molecule has 0 fully saturated rings. The van der Waals surface area contributed by atoms with E-state index in [1.807, 2.05) is 12.2 Å². The fraction of sp³-hybridized carbons (Fsp3) is 0.455. The minimum absolute atomic E-state index is 0.487. The Bertz CT molecular complexity index is 181. The van der Waals surface area contributed by atoms with Gasteiger partial charge in [0.2, 0.25) is 0 Å². The van der Waals surface area contributed by atoms with E-state index < -0.39 is 0 Å². The molecule has 0 saturated carbocycles. The normalized spacial score (nSPS) is 28.3. The molecule has 0 aromatic heterocycles. The van der Waals surface area contributed by atoms with Gasteiger partial charge in [-0.3, -0.25) is 0 Å². The van der Waals surface area contributed by atoms with Crippen molar-refractivity contribution in [2.45, 2.75) is 31.3 Å². The van der Waals surface area contributed by atoms with Gasteiger partial charge in [-0.15, -0.1) is 13.2 Å². The number of nitrogens with one attached hydrogen (secondary N) is 1. The zero-order valence-electron chi connectivity index (χ0n) is 7.50. The third-order valence-corrected chi connectivity index (χ3v) is 2.11. The second kappa shape index (κ2) is 4.94. The van der Waals surface area contributed by atoms with Gasteiger partial charge >= 0.3 is 0 Å². The van der Waals surface area contributed by atoms with Gasteiger partial charge in [0.05, 0.1) is 0 Å². The van der Waals surface area contributed by atoms with Gasteiger partial charge in [0, 0.05) is 12.1 Å². The van der Waals surface area contributed by atoms with Crippen LogP contribution >= 0.6 is 0 Å². The van der Waals surface area contributed by atoms with Crippen LogP contribution < -0.4 is 5.32 Å². The first-order chi connectivity index (χ1) is 5.86. The molecule has 1 aliphatic rings. The van der Waals surface area contributed by atoms with Crippen LogP contribution in [0.2, 0.25) is 0 Å². The van der Waals surface area contributed by atoms with E-state index in [-0.39, 0.29) is 0 Å². The summed E-state index contributed by atoms with van der Waals surface area (Å²) in [6.45, 7) is 7.47. The van der Waals surface area contributed by atoms with E-state index in [1.165, 1.54) is 0 Å². The van der Waals surface area contributed by atoms with E-state index in [0.717, 1.165) is 19.3 Å². The van der Waals surface area contributed by atoms with Crippen LogP contribution in [0.1, 0.15) is 19.3 Å². The number of hydrogen-bond donors (Lipinski definition) is 1. The molecule has 1 aliphatic heterocycles. The maximum Gasteiger partial charge on any atom is 0.0287 e. The standard InChI is InChI=1S/C11H17N/c1-3-6-10-8-5-9-11(12-10)7-4-2/h3-5,8,10-12H,1-2,6-7,9H2/t10-,11+/m0/s1. The predicted molar refractivity (Wildman–Crippen MR) is 54.1 cm³/mol. The number of rotatable bonds is 4. The Morgan fingerprint density at radius 3 is 2.75 bits per heavy atom. The topological polar surface area (TPSA) is 12.0 Å². The molecule has 1 heterocycles. The molecule has 1 rings (SSSR count). The Labute approximate surface area is 74.9 Å². The van der Waals surface area contributed by atoms with Gasteiger partial charge in [-0.05, 0) is 19.3 Å². The molecule has 0 aromatic rings. The molecule has 2 atom stereocenters. The monoisotopic (exact) mass is 163 g/mol. The summed E-state index contributed by atoms with van der Waals surface area (Å²) in [5.74, 6) is 0. The highest BCUT2D eigenvalue weighted by atomic mass is 14.9. The molecule has 66 valence electrons. The highest BCUT2D eigenvalue weighted by Gasteiger charge is 2.13. The molecule has 0 spiro atoms. The molecule has 0 aliphatic carbocycles. The summed E-state index contributed by atoms with van der Waals surface area (Å²) in [6, 6.07) is 1.07. The van der Waals surface area contributed by atoms with Crippen LogP contribution in [-0.4, -0.2) is 12.1 Å². The molecule has 0 radical (unpaired) electrons. The van der Waals surface area contributed by atoms with Crippen molar-refractivity contribution in [3.63, 3.8) is 0 Å². The summed E-state index contributed by atoms with van der Waals surface area (Å²) in [5.41, 5.74) is 0. The van der Waals surface area contributed by atoms with E-state index in [0.29, 0.717) is 12.1 Å². The zero-order valence-corrected chi connectivity index (χ0v) is 7.50. The van der Waals surface area contributed by atoms with Crippen molar-refractivity contribution < 1.29 is 0 Å². The third-order valence-electron chi connectivity index (χ3n) is 2.11. The molecular weight excluding hydrogens is 146 g/mol. The van der Waals surface area contributed by atoms with E-state index >= 15 is 0 Å². The Hall–Kier alpha value is -0.820. The zero-order chi connectivity index (χ0) is 8.81. The average molecular weight is 163 g/mol. The third kappa shape index (κ3) is 2.67. The van der Waals surface area contributed by atoms with Crippen molar-refractivity contribution in [2.75, 3.05) is 0 Å². The van der Waals surface area contributed by atoms with Crippen LogP contribution in [0.5, 0.6) is 0 Å². The number of hydrogen-bond acceptors (Lipinski definition) is 1. The van der Waals surface area contributed by atoms with Gasteiger partial charge in [-0.1, -0.05) is 24.3 Å². The molecule has 12 heavy (non-hydrogen) atoms. The van der Waals surface area contributed by atoms with E-state index in [2.05, 4.69) is 30.6 Å². The summed E-state index contributed by atoms with van der Waals surface area (Å²) in [4.78, 5) is 0. The maximum atomic E-state index is 3.74. The largest absolute Gasteiger partial charge is 0.307 e. The second-order valence-corrected chi connectivity index (χ2v) is 3.18. The molecule has 1 nitrogen and oxygen atoms in total. The van der Waals surface area contributed by atoms with Crippen molar-refractivity contribution in [2.24, 2.45) is 0 Å². The Morgan fingerprint density at radius 2 is 2.08 bits per heavy atom. The predicted octanol–water partition coefficient (Wildman–Crippen LogP) is 2.43. The van der Waals surface area contributed by atoms with Crippen molar-refractivity contribution in [3.8, 4) is 0 Å².